The highest BCUT2D eigenvalue weighted by Crippen LogP contribution is 2.13. The van der Waals surface area contributed by atoms with Crippen LogP contribution < -0.4 is 10.6 Å². The Kier molecular flexibility index (Phi) is 11.4. The van der Waals surface area contributed by atoms with Crippen molar-refractivity contribution in [2.45, 2.75) is 51.8 Å². The van der Waals surface area contributed by atoms with Crippen LogP contribution in [0.2, 0.25) is 0 Å². The van der Waals surface area contributed by atoms with Crippen LogP contribution in [0.15, 0.2) is 60.9 Å². The molecule has 0 aliphatic carbocycles. The summed E-state index contributed by atoms with van der Waals surface area (Å²) in [6.07, 6.45) is 1.57. The van der Waals surface area contributed by atoms with Crippen molar-refractivity contribution in [3.63, 3.8) is 0 Å². The summed E-state index contributed by atoms with van der Waals surface area (Å²) in [5.74, 6) is -2.45. The summed E-state index contributed by atoms with van der Waals surface area (Å²) in [7, 11) is 0. The molecule has 8 nitrogen and oxygen atoms in total. The predicted octanol–water partition coefficient (Wildman–Crippen LogP) is 3.51. The summed E-state index contributed by atoms with van der Waals surface area (Å²) in [4.78, 5) is 35.9. The minimum absolute atomic E-state index is 0.0355. The van der Waals surface area contributed by atoms with Gasteiger partial charge in [-0.05, 0) is 42.5 Å². The van der Waals surface area contributed by atoms with Crippen LogP contribution in [0.3, 0.4) is 0 Å². The van der Waals surface area contributed by atoms with Crippen LogP contribution in [0.4, 0.5) is 8.78 Å². The molecule has 1 aromatic heterocycles. The number of carbonyl (C=O) groups is 2. The number of amides is 2. The third-order valence-electron chi connectivity index (χ3n) is 6.08. The first-order chi connectivity index (χ1) is 18.8. The minimum Gasteiger partial charge on any atom is -0.390 e. The SMILES string of the molecule is CCCN(CCC)C(=O)c1cc(C(=O)N[C@@H](Cc2cc(F)cc(F)c2)[C@H](O)CNCc2ccccc2)ncn1. The van der Waals surface area contributed by atoms with Crippen LogP contribution in [0.25, 0.3) is 0 Å². The Hall–Kier alpha value is -3.76. The van der Waals surface area contributed by atoms with Crippen molar-refractivity contribution in [2.75, 3.05) is 19.6 Å². The number of nitrogens with one attached hydrogen (secondary N) is 2. The first-order valence-corrected chi connectivity index (χ1v) is 13.1. The number of aliphatic hydroxyl groups is 1. The number of aliphatic hydroxyl groups excluding tert-OH is 1. The molecule has 0 aliphatic rings. The van der Waals surface area contributed by atoms with E-state index in [1.807, 2.05) is 44.2 Å². The molecular formula is C29H35F2N5O3. The molecule has 3 rings (SSSR count). The maximum Gasteiger partial charge on any atom is 0.272 e. The van der Waals surface area contributed by atoms with Crippen molar-refractivity contribution >= 4 is 11.8 Å². The molecule has 0 radical (unpaired) electrons. The molecule has 0 bridgehead atoms. The molecule has 0 spiro atoms. The number of hydrogen-bond acceptors (Lipinski definition) is 6. The molecule has 0 fully saturated rings. The van der Waals surface area contributed by atoms with Gasteiger partial charge in [-0.1, -0.05) is 44.2 Å². The average Bonchev–Trinajstić information content (AvgIpc) is 2.92. The highest BCUT2D eigenvalue weighted by molar-refractivity contribution is 5.97. The van der Waals surface area contributed by atoms with Gasteiger partial charge in [0.1, 0.15) is 29.3 Å². The lowest BCUT2D eigenvalue weighted by atomic mass is 10.00. The zero-order chi connectivity index (χ0) is 28.2. The summed E-state index contributed by atoms with van der Waals surface area (Å²) in [6, 6.07) is 13.1. The number of benzene rings is 2. The molecule has 2 amide bonds. The normalized spacial score (nSPS) is 12.5. The average molecular weight is 540 g/mol. The Balaban J connectivity index is 1.76. The summed E-state index contributed by atoms with van der Waals surface area (Å²) in [5.41, 5.74) is 1.32. The van der Waals surface area contributed by atoms with Gasteiger partial charge in [0.05, 0.1) is 12.1 Å². The van der Waals surface area contributed by atoms with Gasteiger partial charge in [0.2, 0.25) is 0 Å². The summed E-state index contributed by atoms with van der Waals surface area (Å²) in [6.45, 7) is 5.66. The van der Waals surface area contributed by atoms with Crippen LogP contribution in [0.1, 0.15) is 58.8 Å². The lowest BCUT2D eigenvalue weighted by Gasteiger charge is -2.25. The Labute approximate surface area is 227 Å². The van der Waals surface area contributed by atoms with E-state index in [2.05, 4.69) is 20.6 Å². The third-order valence-corrected chi connectivity index (χ3v) is 6.08. The van der Waals surface area contributed by atoms with Crippen molar-refractivity contribution in [2.24, 2.45) is 0 Å². The molecule has 2 atom stereocenters. The molecular weight excluding hydrogens is 504 g/mol. The Morgan fingerprint density at radius 3 is 2.21 bits per heavy atom. The zero-order valence-electron chi connectivity index (χ0n) is 22.2. The maximum atomic E-state index is 13.8. The van der Waals surface area contributed by atoms with Gasteiger partial charge in [-0.15, -0.1) is 0 Å². The van der Waals surface area contributed by atoms with E-state index in [0.29, 0.717) is 19.6 Å². The molecule has 3 N–H and O–H groups in total. The molecule has 3 aromatic rings. The van der Waals surface area contributed by atoms with E-state index in [1.54, 1.807) is 4.90 Å². The molecule has 0 saturated heterocycles. The van der Waals surface area contributed by atoms with Gasteiger partial charge in [-0.25, -0.2) is 18.7 Å². The van der Waals surface area contributed by atoms with Crippen molar-refractivity contribution in [1.29, 1.82) is 0 Å². The molecule has 1 heterocycles. The molecule has 0 aliphatic heterocycles. The number of rotatable bonds is 14. The standard InChI is InChI=1S/C29H35F2N5O3/c1-3-10-36(11-4-2)29(39)26-16-25(33-19-34-26)28(38)35-24(14-21-12-22(30)15-23(31)13-21)27(37)18-32-17-20-8-6-5-7-9-20/h5-9,12-13,15-16,19,24,27,32,37H,3-4,10-11,14,17-18H2,1-2H3,(H,35,38)/t24-,27+/m0/s1. The van der Waals surface area contributed by atoms with Gasteiger partial charge in [0.15, 0.2) is 0 Å². The van der Waals surface area contributed by atoms with Crippen molar-refractivity contribution in [3.05, 3.63) is 95.1 Å². The van der Waals surface area contributed by atoms with Gasteiger partial charge in [-0.3, -0.25) is 9.59 Å². The maximum absolute atomic E-state index is 13.8. The number of aromatic nitrogens is 2. The van der Waals surface area contributed by atoms with Crippen LogP contribution in [0.5, 0.6) is 0 Å². The zero-order valence-corrected chi connectivity index (χ0v) is 22.2. The molecule has 208 valence electrons. The largest absolute Gasteiger partial charge is 0.390 e. The van der Waals surface area contributed by atoms with E-state index in [9.17, 15) is 23.5 Å². The van der Waals surface area contributed by atoms with Gasteiger partial charge in [0, 0.05) is 38.3 Å². The Morgan fingerprint density at radius 2 is 1.56 bits per heavy atom. The minimum atomic E-state index is -1.10. The lowest BCUT2D eigenvalue weighted by molar-refractivity contribution is 0.0749. The highest BCUT2D eigenvalue weighted by Gasteiger charge is 2.25. The Morgan fingerprint density at radius 1 is 0.923 bits per heavy atom. The number of carbonyl (C=O) groups excluding carboxylic acids is 2. The van der Waals surface area contributed by atoms with Crippen LogP contribution in [-0.2, 0) is 13.0 Å². The van der Waals surface area contributed by atoms with E-state index in [1.165, 1.54) is 6.07 Å². The van der Waals surface area contributed by atoms with Crippen LogP contribution in [-0.4, -0.2) is 63.6 Å². The number of nitrogens with zero attached hydrogens (tertiary/aromatic N) is 3. The van der Waals surface area contributed by atoms with E-state index >= 15 is 0 Å². The molecule has 10 heteroatoms. The van der Waals surface area contributed by atoms with Crippen molar-refractivity contribution in [1.82, 2.24) is 25.5 Å². The van der Waals surface area contributed by atoms with Crippen LogP contribution >= 0.6 is 0 Å². The fourth-order valence-corrected chi connectivity index (χ4v) is 4.23. The van der Waals surface area contributed by atoms with E-state index in [0.717, 1.165) is 42.9 Å². The van der Waals surface area contributed by atoms with E-state index in [4.69, 9.17) is 0 Å². The number of halogens is 2. The summed E-state index contributed by atoms with van der Waals surface area (Å²) in [5, 5.41) is 16.8. The fourth-order valence-electron chi connectivity index (χ4n) is 4.23. The lowest BCUT2D eigenvalue weighted by Crippen LogP contribution is -2.49. The van der Waals surface area contributed by atoms with Crippen molar-refractivity contribution in [3.8, 4) is 0 Å². The summed E-state index contributed by atoms with van der Waals surface area (Å²) >= 11 is 0. The first kappa shape index (κ1) is 29.8. The second-order valence-electron chi connectivity index (χ2n) is 9.33. The fraction of sp³-hybridized carbons (Fsp3) is 0.379. The molecule has 0 saturated carbocycles. The monoisotopic (exact) mass is 539 g/mol. The summed E-state index contributed by atoms with van der Waals surface area (Å²) < 4.78 is 27.7. The van der Waals surface area contributed by atoms with E-state index in [-0.39, 0.29) is 35.8 Å². The molecule has 0 unspecified atom stereocenters. The van der Waals surface area contributed by atoms with Gasteiger partial charge >= 0.3 is 0 Å². The predicted molar refractivity (Wildman–Crippen MR) is 144 cm³/mol. The molecule has 39 heavy (non-hydrogen) atoms. The van der Waals surface area contributed by atoms with Crippen molar-refractivity contribution < 1.29 is 23.5 Å². The highest BCUT2D eigenvalue weighted by atomic mass is 19.1. The Bertz CT molecular complexity index is 1200. The number of hydrogen-bond donors (Lipinski definition) is 3. The second kappa shape index (κ2) is 15.0. The van der Waals surface area contributed by atoms with Gasteiger partial charge < -0.3 is 20.6 Å². The first-order valence-electron chi connectivity index (χ1n) is 13.1. The van der Waals surface area contributed by atoms with Crippen LogP contribution in [0, 0.1) is 11.6 Å². The third kappa shape index (κ3) is 9.19. The second-order valence-corrected chi connectivity index (χ2v) is 9.33. The van der Waals surface area contributed by atoms with Gasteiger partial charge in [-0.2, -0.15) is 0 Å². The topological polar surface area (TPSA) is 107 Å². The quantitative estimate of drug-likeness (QED) is 0.290. The van der Waals surface area contributed by atoms with E-state index < -0.39 is 29.7 Å². The molecule has 2 aromatic carbocycles. The smallest absolute Gasteiger partial charge is 0.272 e. The van der Waals surface area contributed by atoms with Gasteiger partial charge in [0.25, 0.3) is 11.8 Å².